The van der Waals surface area contributed by atoms with Gasteiger partial charge in [0.25, 0.3) is 0 Å². The van der Waals surface area contributed by atoms with E-state index in [1.807, 2.05) is 0 Å². The maximum atomic E-state index is 12.0. The molecule has 1 N–H and O–H groups in total. The van der Waals surface area contributed by atoms with Crippen molar-refractivity contribution in [1.82, 2.24) is 14.7 Å². The Hall–Kier alpha value is -2.49. The van der Waals surface area contributed by atoms with E-state index in [-0.39, 0.29) is 38.0 Å². The monoisotopic (exact) mass is 284 g/mol. The lowest BCUT2D eigenvalue weighted by atomic mass is 10.2. The SMILES string of the molecule is O=C(O)C1CN(C(=O)Cn2ccc([N+](=O)[O-])n2)CCO1. The summed E-state index contributed by atoms with van der Waals surface area (Å²) >= 11 is 0. The highest BCUT2D eigenvalue weighted by molar-refractivity contribution is 5.78. The van der Waals surface area contributed by atoms with Gasteiger partial charge in [0.1, 0.15) is 6.54 Å². The molecule has 1 aliphatic heterocycles. The standard InChI is InChI=1S/C10H12N4O6/c15-9(6-13-2-1-8(11-13)14(18)19)12-3-4-20-7(5-12)10(16)17/h1-2,7H,3-6H2,(H,16,17). The van der Waals surface area contributed by atoms with Crippen LogP contribution in [0.5, 0.6) is 0 Å². The van der Waals surface area contributed by atoms with Gasteiger partial charge in [0.15, 0.2) is 6.10 Å². The van der Waals surface area contributed by atoms with E-state index in [4.69, 9.17) is 9.84 Å². The summed E-state index contributed by atoms with van der Waals surface area (Å²) in [7, 11) is 0. The van der Waals surface area contributed by atoms with Crippen LogP contribution in [-0.4, -0.2) is 62.4 Å². The smallest absolute Gasteiger partial charge is 0.389 e. The van der Waals surface area contributed by atoms with Crippen LogP contribution in [0.3, 0.4) is 0 Å². The van der Waals surface area contributed by atoms with Gasteiger partial charge in [-0.25, -0.2) is 4.79 Å². The fourth-order valence-corrected chi connectivity index (χ4v) is 1.80. The lowest BCUT2D eigenvalue weighted by Gasteiger charge is -2.30. The molecule has 1 amide bonds. The summed E-state index contributed by atoms with van der Waals surface area (Å²) in [6.07, 6.45) is 0.283. The minimum absolute atomic E-state index is 0.0441. The Balaban J connectivity index is 1.96. The third-order valence-electron chi connectivity index (χ3n) is 2.81. The van der Waals surface area contributed by atoms with E-state index >= 15 is 0 Å². The number of aliphatic carboxylic acids is 1. The number of carbonyl (C=O) groups is 2. The first-order valence-electron chi connectivity index (χ1n) is 5.77. The van der Waals surface area contributed by atoms with Crippen LogP contribution in [0.15, 0.2) is 12.3 Å². The molecule has 0 aliphatic carbocycles. The van der Waals surface area contributed by atoms with Gasteiger partial charge >= 0.3 is 11.8 Å². The van der Waals surface area contributed by atoms with Crippen LogP contribution < -0.4 is 0 Å². The zero-order chi connectivity index (χ0) is 14.7. The van der Waals surface area contributed by atoms with Gasteiger partial charge in [-0.3, -0.25) is 4.79 Å². The molecule has 10 nitrogen and oxygen atoms in total. The average molecular weight is 284 g/mol. The fourth-order valence-electron chi connectivity index (χ4n) is 1.80. The number of carboxylic acids is 1. The van der Waals surface area contributed by atoms with Crippen LogP contribution in [0, 0.1) is 10.1 Å². The van der Waals surface area contributed by atoms with E-state index < -0.39 is 17.0 Å². The number of nitrogens with zero attached hydrogens (tertiary/aromatic N) is 4. The zero-order valence-electron chi connectivity index (χ0n) is 10.3. The molecular formula is C10H12N4O6. The van der Waals surface area contributed by atoms with Crippen molar-refractivity contribution < 1.29 is 24.4 Å². The second-order valence-corrected chi connectivity index (χ2v) is 4.17. The second kappa shape index (κ2) is 5.65. The number of ether oxygens (including phenoxy) is 1. The van der Waals surface area contributed by atoms with E-state index in [1.165, 1.54) is 17.2 Å². The largest absolute Gasteiger partial charge is 0.479 e. The summed E-state index contributed by atoms with van der Waals surface area (Å²) in [5.41, 5.74) is 0. The molecule has 1 atom stereocenters. The Morgan fingerprint density at radius 2 is 2.35 bits per heavy atom. The molecule has 10 heteroatoms. The molecular weight excluding hydrogens is 272 g/mol. The van der Waals surface area contributed by atoms with Gasteiger partial charge in [-0.05, 0) is 4.92 Å². The van der Waals surface area contributed by atoms with Crippen molar-refractivity contribution in [3.05, 3.63) is 22.4 Å². The number of nitro groups is 1. The summed E-state index contributed by atoms with van der Waals surface area (Å²) in [5, 5.41) is 22.9. The molecule has 1 aromatic heterocycles. The second-order valence-electron chi connectivity index (χ2n) is 4.17. The summed E-state index contributed by atoms with van der Waals surface area (Å²) in [4.78, 5) is 33.9. The van der Waals surface area contributed by atoms with Crippen LogP contribution >= 0.6 is 0 Å². The van der Waals surface area contributed by atoms with Crippen LogP contribution in [0.2, 0.25) is 0 Å². The molecule has 1 saturated heterocycles. The van der Waals surface area contributed by atoms with Crippen molar-refractivity contribution in [2.75, 3.05) is 19.7 Å². The molecule has 0 bridgehead atoms. The molecule has 20 heavy (non-hydrogen) atoms. The molecule has 1 fully saturated rings. The Morgan fingerprint density at radius 1 is 1.60 bits per heavy atom. The van der Waals surface area contributed by atoms with Crippen LogP contribution in [0.1, 0.15) is 0 Å². The van der Waals surface area contributed by atoms with Crippen molar-refractivity contribution in [2.24, 2.45) is 0 Å². The van der Waals surface area contributed by atoms with Gasteiger partial charge < -0.3 is 24.9 Å². The summed E-state index contributed by atoms with van der Waals surface area (Å²) in [5.74, 6) is -1.84. The number of amides is 1. The predicted molar refractivity (Wildman–Crippen MR) is 62.8 cm³/mol. The third-order valence-corrected chi connectivity index (χ3v) is 2.81. The molecule has 0 saturated carbocycles. The molecule has 2 heterocycles. The van der Waals surface area contributed by atoms with Gasteiger partial charge in [0.2, 0.25) is 5.91 Å². The first kappa shape index (κ1) is 13.9. The molecule has 1 unspecified atom stereocenters. The van der Waals surface area contributed by atoms with Crippen molar-refractivity contribution in [1.29, 1.82) is 0 Å². The molecule has 0 aromatic carbocycles. The fraction of sp³-hybridized carbons (Fsp3) is 0.500. The van der Waals surface area contributed by atoms with Gasteiger partial charge in [0.05, 0.1) is 30.5 Å². The number of carbonyl (C=O) groups excluding carboxylic acids is 1. The lowest BCUT2D eigenvalue weighted by molar-refractivity contribution is -0.389. The number of morpholine rings is 1. The summed E-state index contributed by atoms with van der Waals surface area (Å²) < 4.78 is 6.14. The molecule has 0 spiro atoms. The Bertz CT molecular complexity index is 542. The van der Waals surface area contributed by atoms with Crippen LogP contribution in [0.4, 0.5) is 5.82 Å². The Labute approximate surface area is 112 Å². The van der Waals surface area contributed by atoms with Crippen molar-refractivity contribution in [3.8, 4) is 0 Å². The maximum Gasteiger partial charge on any atom is 0.389 e. The van der Waals surface area contributed by atoms with E-state index in [1.54, 1.807) is 0 Å². The van der Waals surface area contributed by atoms with Gasteiger partial charge in [-0.1, -0.05) is 0 Å². The number of rotatable bonds is 4. The topological polar surface area (TPSA) is 128 Å². The summed E-state index contributed by atoms with van der Waals surface area (Å²) in [6, 6.07) is 1.19. The van der Waals surface area contributed by atoms with E-state index in [9.17, 15) is 19.7 Å². The maximum absolute atomic E-state index is 12.0. The van der Waals surface area contributed by atoms with E-state index in [2.05, 4.69) is 5.10 Å². The molecule has 108 valence electrons. The van der Waals surface area contributed by atoms with Gasteiger partial charge in [0, 0.05) is 6.54 Å². The predicted octanol–water partition coefficient (Wildman–Crippen LogP) is -0.897. The zero-order valence-corrected chi connectivity index (χ0v) is 10.3. The van der Waals surface area contributed by atoms with Crippen molar-refractivity contribution >= 4 is 17.7 Å². The molecule has 0 radical (unpaired) electrons. The highest BCUT2D eigenvalue weighted by atomic mass is 16.6. The number of hydrogen-bond donors (Lipinski definition) is 1. The van der Waals surface area contributed by atoms with Crippen molar-refractivity contribution in [3.63, 3.8) is 0 Å². The first-order chi connectivity index (χ1) is 9.47. The third kappa shape index (κ3) is 3.09. The minimum Gasteiger partial charge on any atom is -0.479 e. The average Bonchev–Trinajstić information content (AvgIpc) is 2.87. The quantitative estimate of drug-likeness (QED) is 0.560. The molecule has 2 rings (SSSR count). The Kier molecular flexibility index (Phi) is 3.94. The number of hydrogen-bond acceptors (Lipinski definition) is 6. The number of carboxylic acid groups (broad SMARTS) is 1. The normalized spacial score (nSPS) is 18.8. The summed E-state index contributed by atoms with van der Waals surface area (Å²) in [6.45, 7) is 0.200. The minimum atomic E-state index is -1.13. The molecule has 1 aromatic rings. The van der Waals surface area contributed by atoms with Crippen molar-refractivity contribution in [2.45, 2.75) is 12.6 Å². The van der Waals surface area contributed by atoms with E-state index in [0.717, 1.165) is 4.68 Å². The first-order valence-corrected chi connectivity index (χ1v) is 5.77. The van der Waals surface area contributed by atoms with Crippen LogP contribution in [0.25, 0.3) is 0 Å². The van der Waals surface area contributed by atoms with Gasteiger partial charge in [-0.2, -0.15) is 4.68 Å². The highest BCUT2D eigenvalue weighted by Crippen LogP contribution is 2.08. The van der Waals surface area contributed by atoms with E-state index in [0.29, 0.717) is 0 Å². The van der Waals surface area contributed by atoms with Gasteiger partial charge in [-0.15, -0.1) is 0 Å². The highest BCUT2D eigenvalue weighted by Gasteiger charge is 2.29. The Morgan fingerprint density at radius 3 is 2.95 bits per heavy atom. The molecule has 1 aliphatic rings. The number of aromatic nitrogens is 2. The lowest BCUT2D eigenvalue weighted by Crippen LogP contribution is -2.49. The van der Waals surface area contributed by atoms with Crippen LogP contribution in [-0.2, 0) is 20.9 Å².